The van der Waals surface area contributed by atoms with Crippen molar-refractivity contribution >= 4 is 5.78 Å². The summed E-state index contributed by atoms with van der Waals surface area (Å²) in [5.41, 5.74) is 1.37. The van der Waals surface area contributed by atoms with E-state index in [0.29, 0.717) is 11.3 Å². The van der Waals surface area contributed by atoms with Gasteiger partial charge in [-0.25, -0.2) is 9.67 Å². The second kappa shape index (κ2) is 4.14. The molecule has 0 spiro atoms. The van der Waals surface area contributed by atoms with Crippen LogP contribution in [0.1, 0.15) is 17.3 Å². The molecule has 5 nitrogen and oxygen atoms in total. The van der Waals surface area contributed by atoms with Crippen LogP contribution in [0.3, 0.4) is 0 Å². The summed E-state index contributed by atoms with van der Waals surface area (Å²) in [5.74, 6) is 0.599. The van der Waals surface area contributed by atoms with E-state index in [0.717, 1.165) is 5.69 Å². The minimum absolute atomic E-state index is 0.00319. The van der Waals surface area contributed by atoms with Crippen LogP contribution in [0.4, 0.5) is 0 Å². The van der Waals surface area contributed by atoms with E-state index < -0.39 is 0 Å². The first-order valence-electron chi connectivity index (χ1n) is 4.76. The summed E-state index contributed by atoms with van der Waals surface area (Å²) in [6, 6.07) is 5.21. The number of hydrogen-bond acceptors (Lipinski definition) is 4. The Labute approximate surface area is 92.7 Å². The van der Waals surface area contributed by atoms with Crippen LogP contribution < -0.4 is 4.74 Å². The molecule has 82 valence electrons. The SMILES string of the molecule is COc1cc(C(C)=O)ccc1-n1cncn1. The zero-order valence-corrected chi connectivity index (χ0v) is 9.04. The van der Waals surface area contributed by atoms with Crippen LogP contribution >= 0.6 is 0 Å². The van der Waals surface area contributed by atoms with E-state index in [1.54, 1.807) is 36.3 Å². The lowest BCUT2D eigenvalue weighted by Crippen LogP contribution is -2.01. The summed E-state index contributed by atoms with van der Waals surface area (Å²) < 4.78 is 6.81. The molecule has 0 fully saturated rings. The van der Waals surface area contributed by atoms with E-state index >= 15 is 0 Å². The minimum Gasteiger partial charge on any atom is -0.494 e. The van der Waals surface area contributed by atoms with Crippen LogP contribution in [0.15, 0.2) is 30.9 Å². The number of methoxy groups -OCH3 is 1. The molecule has 0 atom stereocenters. The Morgan fingerprint density at radius 2 is 2.25 bits per heavy atom. The highest BCUT2D eigenvalue weighted by Crippen LogP contribution is 2.23. The molecule has 0 unspecified atom stereocenters. The van der Waals surface area contributed by atoms with E-state index in [1.165, 1.54) is 13.3 Å². The van der Waals surface area contributed by atoms with Crippen LogP contribution in [0, 0.1) is 0 Å². The number of benzene rings is 1. The topological polar surface area (TPSA) is 57.0 Å². The third-order valence-electron chi connectivity index (χ3n) is 2.25. The fourth-order valence-electron chi connectivity index (χ4n) is 1.42. The predicted molar refractivity (Wildman–Crippen MR) is 57.9 cm³/mol. The summed E-state index contributed by atoms with van der Waals surface area (Å²) in [4.78, 5) is 15.1. The first kappa shape index (κ1) is 10.4. The van der Waals surface area contributed by atoms with E-state index in [2.05, 4.69) is 10.1 Å². The summed E-state index contributed by atoms with van der Waals surface area (Å²) in [6.07, 6.45) is 3.02. The molecule has 0 saturated carbocycles. The standard InChI is InChI=1S/C11H11N3O2/c1-8(15)9-3-4-10(11(5-9)16-2)14-7-12-6-13-14/h3-7H,1-2H3. The van der Waals surface area contributed by atoms with Gasteiger partial charge < -0.3 is 4.74 Å². The molecule has 0 bridgehead atoms. The van der Waals surface area contributed by atoms with E-state index in [-0.39, 0.29) is 5.78 Å². The number of Topliss-reactive ketones (excluding diaryl/α,β-unsaturated/α-hetero) is 1. The Hall–Kier alpha value is -2.17. The fourth-order valence-corrected chi connectivity index (χ4v) is 1.42. The largest absolute Gasteiger partial charge is 0.494 e. The molecule has 5 heteroatoms. The van der Waals surface area contributed by atoms with Crippen molar-refractivity contribution in [2.24, 2.45) is 0 Å². The van der Waals surface area contributed by atoms with Gasteiger partial charge in [-0.3, -0.25) is 4.79 Å². The maximum absolute atomic E-state index is 11.2. The monoisotopic (exact) mass is 217 g/mol. The van der Waals surface area contributed by atoms with Gasteiger partial charge in [-0.15, -0.1) is 0 Å². The van der Waals surface area contributed by atoms with Crippen molar-refractivity contribution < 1.29 is 9.53 Å². The molecule has 1 aromatic carbocycles. The third-order valence-corrected chi connectivity index (χ3v) is 2.25. The normalized spacial score (nSPS) is 10.1. The summed E-state index contributed by atoms with van der Waals surface area (Å²) in [7, 11) is 1.56. The fraction of sp³-hybridized carbons (Fsp3) is 0.182. The van der Waals surface area contributed by atoms with Gasteiger partial charge in [-0.2, -0.15) is 5.10 Å². The molecule has 0 N–H and O–H groups in total. The summed E-state index contributed by atoms with van der Waals surface area (Å²) >= 11 is 0. The van der Waals surface area contributed by atoms with Gasteiger partial charge in [-0.05, 0) is 25.1 Å². The molecule has 0 aliphatic heterocycles. The smallest absolute Gasteiger partial charge is 0.159 e. The zero-order valence-electron chi connectivity index (χ0n) is 9.04. The number of carbonyl (C=O) groups excluding carboxylic acids is 1. The second-order valence-corrected chi connectivity index (χ2v) is 3.28. The highest BCUT2D eigenvalue weighted by atomic mass is 16.5. The highest BCUT2D eigenvalue weighted by molar-refractivity contribution is 5.94. The molecule has 16 heavy (non-hydrogen) atoms. The lowest BCUT2D eigenvalue weighted by atomic mass is 10.1. The highest BCUT2D eigenvalue weighted by Gasteiger charge is 2.08. The number of rotatable bonds is 3. The number of nitrogens with zero attached hydrogens (tertiary/aromatic N) is 3. The van der Waals surface area contributed by atoms with Crippen LogP contribution in [-0.2, 0) is 0 Å². The molecule has 0 amide bonds. The molecule has 1 heterocycles. The van der Waals surface area contributed by atoms with Gasteiger partial charge in [0.2, 0.25) is 0 Å². The van der Waals surface area contributed by atoms with Crippen molar-refractivity contribution in [3.05, 3.63) is 36.4 Å². The Kier molecular flexibility index (Phi) is 2.68. The zero-order chi connectivity index (χ0) is 11.5. The van der Waals surface area contributed by atoms with E-state index in [1.807, 2.05) is 0 Å². The first-order chi connectivity index (χ1) is 7.72. The van der Waals surface area contributed by atoms with Crippen molar-refractivity contribution in [2.75, 3.05) is 7.11 Å². The molecular formula is C11H11N3O2. The number of aromatic nitrogens is 3. The van der Waals surface area contributed by atoms with Crippen LogP contribution in [0.25, 0.3) is 5.69 Å². The van der Waals surface area contributed by atoms with Crippen LogP contribution in [0.5, 0.6) is 5.75 Å². The Morgan fingerprint density at radius 3 is 2.81 bits per heavy atom. The van der Waals surface area contributed by atoms with Gasteiger partial charge in [-0.1, -0.05) is 0 Å². The van der Waals surface area contributed by atoms with Crippen molar-refractivity contribution in [3.63, 3.8) is 0 Å². The Morgan fingerprint density at radius 1 is 1.44 bits per heavy atom. The number of ketones is 1. The maximum Gasteiger partial charge on any atom is 0.159 e. The second-order valence-electron chi connectivity index (χ2n) is 3.28. The van der Waals surface area contributed by atoms with Gasteiger partial charge in [0.05, 0.1) is 7.11 Å². The van der Waals surface area contributed by atoms with Crippen LogP contribution in [-0.4, -0.2) is 27.7 Å². The van der Waals surface area contributed by atoms with Crippen molar-refractivity contribution in [2.45, 2.75) is 6.92 Å². The van der Waals surface area contributed by atoms with E-state index in [9.17, 15) is 4.79 Å². The van der Waals surface area contributed by atoms with Gasteiger partial charge in [0.25, 0.3) is 0 Å². The first-order valence-corrected chi connectivity index (χ1v) is 4.76. The predicted octanol–water partition coefficient (Wildman–Crippen LogP) is 1.48. The van der Waals surface area contributed by atoms with Crippen LogP contribution in [0.2, 0.25) is 0 Å². The molecule has 0 aliphatic carbocycles. The van der Waals surface area contributed by atoms with Gasteiger partial charge in [0.15, 0.2) is 5.78 Å². The number of hydrogen-bond donors (Lipinski definition) is 0. The molecule has 0 aliphatic rings. The average molecular weight is 217 g/mol. The van der Waals surface area contributed by atoms with Gasteiger partial charge in [0, 0.05) is 5.56 Å². The third kappa shape index (κ3) is 1.79. The molecule has 2 aromatic rings. The van der Waals surface area contributed by atoms with E-state index in [4.69, 9.17) is 4.74 Å². The quantitative estimate of drug-likeness (QED) is 0.731. The molecule has 1 aromatic heterocycles. The lowest BCUT2D eigenvalue weighted by Gasteiger charge is -2.08. The molecular weight excluding hydrogens is 206 g/mol. The minimum atomic E-state index is 0.00319. The maximum atomic E-state index is 11.2. The lowest BCUT2D eigenvalue weighted by molar-refractivity contribution is 0.101. The molecule has 0 radical (unpaired) electrons. The summed E-state index contributed by atoms with van der Waals surface area (Å²) in [5, 5.41) is 4.01. The Bertz CT molecular complexity index is 506. The Balaban J connectivity index is 2.51. The summed E-state index contributed by atoms with van der Waals surface area (Å²) in [6.45, 7) is 1.52. The average Bonchev–Trinajstić information content (AvgIpc) is 2.81. The van der Waals surface area contributed by atoms with Crippen molar-refractivity contribution in [1.82, 2.24) is 14.8 Å². The van der Waals surface area contributed by atoms with Crippen molar-refractivity contribution in [1.29, 1.82) is 0 Å². The number of carbonyl (C=O) groups is 1. The van der Waals surface area contributed by atoms with Gasteiger partial charge >= 0.3 is 0 Å². The molecule has 2 rings (SSSR count). The number of ether oxygens (including phenoxy) is 1. The molecule has 0 saturated heterocycles. The van der Waals surface area contributed by atoms with Gasteiger partial charge in [0.1, 0.15) is 24.1 Å². The van der Waals surface area contributed by atoms with Crippen molar-refractivity contribution in [3.8, 4) is 11.4 Å².